The highest BCUT2D eigenvalue weighted by molar-refractivity contribution is 7.92. The summed E-state index contributed by atoms with van der Waals surface area (Å²) < 4.78 is 38.5. The summed E-state index contributed by atoms with van der Waals surface area (Å²) in [6.07, 6.45) is 0.937. The number of sulfonamides is 1. The summed E-state index contributed by atoms with van der Waals surface area (Å²) in [6, 6.07) is 10.8. The van der Waals surface area contributed by atoms with Gasteiger partial charge in [-0.2, -0.15) is 0 Å². The number of hydrogen-bond donors (Lipinski definition) is 1. The van der Waals surface area contributed by atoms with Gasteiger partial charge in [-0.1, -0.05) is 38.1 Å². The summed E-state index contributed by atoms with van der Waals surface area (Å²) in [5, 5.41) is 9.65. The van der Waals surface area contributed by atoms with Crippen molar-refractivity contribution in [1.82, 2.24) is 0 Å². The van der Waals surface area contributed by atoms with Crippen molar-refractivity contribution in [3.05, 3.63) is 65.5 Å². The molecular weight excluding hydrogens is 357 g/mol. The van der Waals surface area contributed by atoms with Crippen LogP contribution in [-0.4, -0.2) is 31.8 Å². The molecule has 140 valence electrons. The topological polar surface area (TPSA) is 74.7 Å². The van der Waals surface area contributed by atoms with E-state index in [2.05, 4.69) is 13.8 Å². The van der Waals surface area contributed by atoms with E-state index in [4.69, 9.17) is 0 Å². The number of hydrogen-bond acceptors (Lipinski definition) is 3. The Hall–Kier alpha value is -2.41. The number of anilines is 1. The third kappa shape index (κ3) is 4.82. The second kappa shape index (κ2) is 7.86. The van der Waals surface area contributed by atoms with Crippen LogP contribution in [0.25, 0.3) is 0 Å². The predicted molar refractivity (Wildman–Crippen MR) is 99.4 cm³/mol. The van der Waals surface area contributed by atoms with Gasteiger partial charge in [-0.15, -0.1) is 0 Å². The number of nitrogens with zero attached hydrogens (tertiary/aromatic N) is 1. The summed E-state index contributed by atoms with van der Waals surface area (Å²) in [5.74, 6) is -1.46. The third-order valence-corrected chi connectivity index (χ3v) is 5.26. The number of benzene rings is 2. The van der Waals surface area contributed by atoms with Crippen LogP contribution in [0.5, 0.6) is 0 Å². The van der Waals surface area contributed by atoms with Gasteiger partial charge in [0.2, 0.25) is 10.0 Å². The van der Waals surface area contributed by atoms with E-state index in [1.54, 1.807) is 12.1 Å². The summed E-state index contributed by atoms with van der Waals surface area (Å²) in [6.45, 7) is 4.10. The van der Waals surface area contributed by atoms with Crippen LogP contribution < -0.4 is 4.31 Å². The minimum absolute atomic E-state index is 0.00183. The largest absolute Gasteiger partial charge is 0.480 e. The Bertz CT molecular complexity index is 861. The molecule has 1 atom stereocenters. The average Bonchev–Trinajstić information content (AvgIpc) is 2.55. The molecule has 0 aliphatic heterocycles. The maximum Gasteiger partial charge on any atom is 0.327 e. The molecular formula is C19H22FNO4S. The molecule has 7 heteroatoms. The van der Waals surface area contributed by atoms with Gasteiger partial charge >= 0.3 is 5.97 Å². The van der Waals surface area contributed by atoms with E-state index in [9.17, 15) is 22.7 Å². The van der Waals surface area contributed by atoms with E-state index in [-0.39, 0.29) is 12.1 Å². The van der Waals surface area contributed by atoms with Crippen LogP contribution in [0.3, 0.4) is 0 Å². The number of aliphatic carboxylic acids is 1. The van der Waals surface area contributed by atoms with Crippen molar-refractivity contribution in [1.29, 1.82) is 0 Å². The zero-order valence-corrected chi connectivity index (χ0v) is 15.7. The molecule has 26 heavy (non-hydrogen) atoms. The van der Waals surface area contributed by atoms with Crippen LogP contribution in [0.1, 0.15) is 30.9 Å². The molecule has 2 aromatic carbocycles. The normalized spacial score (nSPS) is 12.8. The van der Waals surface area contributed by atoms with E-state index in [1.165, 1.54) is 12.1 Å². The lowest BCUT2D eigenvalue weighted by Crippen LogP contribution is -2.46. The number of carbonyl (C=O) groups is 1. The molecule has 0 aliphatic rings. The van der Waals surface area contributed by atoms with E-state index >= 15 is 0 Å². The second-order valence-corrected chi connectivity index (χ2v) is 8.35. The van der Waals surface area contributed by atoms with Gasteiger partial charge in [0.25, 0.3) is 0 Å². The lowest BCUT2D eigenvalue weighted by molar-refractivity contribution is -0.138. The maximum absolute atomic E-state index is 13.2. The Kier molecular flexibility index (Phi) is 6.02. The molecule has 0 heterocycles. The Morgan fingerprint density at radius 2 is 1.62 bits per heavy atom. The first-order chi connectivity index (χ1) is 12.1. The lowest BCUT2D eigenvalue weighted by atomic mass is 9.99. The first kappa shape index (κ1) is 19.9. The molecule has 0 fully saturated rings. The molecule has 2 aromatic rings. The molecule has 1 N–H and O–H groups in total. The molecule has 1 unspecified atom stereocenters. The predicted octanol–water partition coefficient (Wildman–Crippen LogP) is 3.41. The first-order valence-electron chi connectivity index (χ1n) is 8.16. The maximum atomic E-state index is 13.2. The summed E-state index contributed by atoms with van der Waals surface area (Å²) >= 11 is 0. The van der Waals surface area contributed by atoms with E-state index in [0.29, 0.717) is 11.5 Å². The molecule has 5 nitrogen and oxygen atoms in total. The molecule has 2 rings (SSSR count). The number of rotatable bonds is 7. The number of halogens is 1. The standard InChI is InChI=1S/C19H22FNO4S/c1-13(2)15-6-4-14(5-7-15)12-18(19(22)23)21(26(3,24)25)17-10-8-16(20)9-11-17/h4-11,13,18H,12H2,1-3H3,(H,22,23). The highest BCUT2D eigenvalue weighted by Gasteiger charge is 2.32. The van der Waals surface area contributed by atoms with E-state index in [1.807, 2.05) is 12.1 Å². The fraction of sp³-hybridized carbons (Fsp3) is 0.316. The van der Waals surface area contributed by atoms with Gasteiger partial charge in [-0.05, 0) is 41.3 Å². The summed E-state index contributed by atoms with van der Waals surface area (Å²) in [4.78, 5) is 11.8. The van der Waals surface area contributed by atoms with Crippen LogP contribution in [0.15, 0.2) is 48.5 Å². The summed E-state index contributed by atoms with van der Waals surface area (Å²) in [7, 11) is -3.89. The van der Waals surface area contributed by atoms with Crippen molar-refractivity contribution in [2.24, 2.45) is 0 Å². The van der Waals surface area contributed by atoms with Crippen molar-refractivity contribution in [2.75, 3.05) is 10.6 Å². The van der Waals surface area contributed by atoms with Crippen molar-refractivity contribution >= 4 is 21.7 Å². The Balaban J connectivity index is 2.41. The Morgan fingerprint density at radius 1 is 1.08 bits per heavy atom. The fourth-order valence-electron chi connectivity index (χ4n) is 2.72. The highest BCUT2D eigenvalue weighted by Crippen LogP contribution is 2.24. The fourth-order valence-corrected chi connectivity index (χ4v) is 3.85. The number of carboxylic acids is 1. The molecule has 0 aliphatic carbocycles. The van der Waals surface area contributed by atoms with Crippen LogP contribution in [0.2, 0.25) is 0 Å². The van der Waals surface area contributed by atoms with Crippen molar-refractivity contribution < 1.29 is 22.7 Å². The monoisotopic (exact) mass is 379 g/mol. The van der Waals surface area contributed by atoms with E-state index in [0.717, 1.165) is 28.3 Å². The SMILES string of the molecule is CC(C)c1ccc(CC(C(=O)O)N(c2ccc(F)cc2)S(C)(=O)=O)cc1. The minimum atomic E-state index is -3.89. The second-order valence-electron chi connectivity index (χ2n) is 6.49. The molecule has 0 amide bonds. The average molecular weight is 379 g/mol. The quantitative estimate of drug-likeness (QED) is 0.800. The van der Waals surface area contributed by atoms with Crippen LogP contribution in [0, 0.1) is 5.82 Å². The smallest absolute Gasteiger partial charge is 0.327 e. The minimum Gasteiger partial charge on any atom is -0.480 e. The zero-order chi connectivity index (χ0) is 19.5. The first-order valence-corrected chi connectivity index (χ1v) is 10.0. The van der Waals surface area contributed by atoms with Crippen molar-refractivity contribution in [3.8, 4) is 0 Å². The van der Waals surface area contributed by atoms with Gasteiger partial charge in [0, 0.05) is 6.42 Å². The van der Waals surface area contributed by atoms with Gasteiger partial charge in [-0.3, -0.25) is 4.31 Å². The Labute approximate surface area is 153 Å². The van der Waals surface area contributed by atoms with Gasteiger partial charge in [0.05, 0.1) is 11.9 Å². The molecule has 0 bridgehead atoms. The lowest BCUT2D eigenvalue weighted by Gasteiger charge is -2.29. The van der Waals surface area contributed by atoms with Crippen LogP contribution in [-0.2, 0) is 21.2 Å². The Morgan fingerprint density at radius 3 is 2.04 bits per heavy atom. The molecule has 0 aromatic heterocycles. The van der Waals surface area contributed by atoms with Crippen molar-refractivity contribution in [3.63, 3.8) is 0 Å². The van der Waals surface area contributed by atoms with Gasteiger partial charge in [-0.25, -0.2) is 17.6 Å². The molecule has 0 saturated carbocycles. The van der Waals surface area contributed by atoms with E-state index < -0.39 is 27.9 Å². The molecule has 0 saturated heterocycles. The third-order valence-electron chi connectivity index (χ3n) is 4.08. The van der Waals surface area contributed by atoms with Gasteiger partial charge in [0.1, 0.15) is 11.9 Å². The molecule has 0 radical (unpaired) electrons. The number of carboxylic acid groups (broad SMARTS) is 1. The van der Waals surface area contributed by atoms with Crippen molar-refractivity contribution in [2.45, 2.75) is 32.2 Å². The highest BCUT2D eigenvalue weighted by atomic mass is 32.2. The van der Waals surface area contributed by atoms with Gasteiger partial charge < -0.3 is 5.11 Å². The van der Waals surface area contributed by atoms with Crippen LogP contribution in [0.4, 0.5) is 10.1 Å². The van der Waals surface area contributed by atoms with Gasteiger partial charge in [0.15, 0.2) is 0 Å². The summed E-state index contributed by atoms with van der Waals surface area (Å²) in [5.41, 5.74) is 1.93. The zero-order valence-electron chi connectivity index (χ0n) is 14.9. The molecule has 0 spiro atoms. The van der Waals surface area contributed by atoms with Crippen LogP contribution >= 0.6 is 0 Å².